The van der Waals surface area contributed by atoms with Crippen molar-refractivity contribution in [1.82, 2.24) is 9.47 Å². The number of carbonyl (C=O) groups is 2. The minimum atomic E-state index is -0.943. The lowest BCUT2D eigenvalue weighted by molar-refractivity contribution is -0.130. The van der Waals surface area contributed by atoms with Gasteiger partial charge in [0.05, 0.1) is 28.3 Å². The van der Waals surface area contributed by atoms with Crippen molar-refractivity contribution in [3.63, 3.8) is 0 Å². The van der Waals surface area contributed by atoms with E-state index in [1.165, 1.54) is 33.7 Å². The van der Waals surface area contributed by atoms with Gasteiger partial charge in [0.25, 0.3) is 5.56 Å². The molecule has 11 heteroatoms. The highest BCUT2D eigenvalue weighted by atomic mass is 35.5. The highest BCUT2D eigenvalue weighted by molar-refractivity contribution is 6.34. The zero-order valence-corrected chi connectivity index (χ0v) is 21.1. The number of halogens is 3. The Bertz CT molecular complexity index is 1610. The number of aromatic hydroxyl groups is 1. The minimum Gasteiger partial charge on any atom is -0.507 e. The molecule has 0 radical (unpaired) electrons. The quantitative estimate of drug-likeness (QED) is 0.486. The summed E-state index contributed by atoms with van der Waals surface area (Å²) in [6.45, 7) is 5.58. The predicted octanol–water partition coefficient (Wildman–Crippen LogP) is 4.18. The van der Waals surface area contributed by atoms with Gasteiger partial charge in [0.1, 0.15) is 23.3 Å². The van der Waals surface area contributed by atoms with Crippen LogP contribution in [0.25, 0.3) is 22.0 Å². The fourth-order valence-electron chi connectivity index (χ4n) is 5.64. The van der Waals surface area contributed by atoms with Gasteiger partial charge < -0.3 is 24.8 Å². The lowest BCUT2D eigenvalue weighted by Gasteiger charge is -2.48. The largest absolute Gasteiger partial charge is 0.507 e. The van der Waals surface area contributed by atoms with E-state index < -0.39 is 40.5 Å². The Kier molecular flexibility index (Phi) is 5.50. The van der Waals surface area contributed by atoms with Gasteiger partial charge in [-0.2, -0.15) is 0 Å². The molecule has 1 aromatic heterocycles. The van der Waals surface area contributed by atoms with Gasteiger partial charge in [-0.05, 0) is 44.0 Å². The zero-order chi connectivity index (χ0) is 27.0. The molecular weight excluding hydrogens is 518 g/mol. The molecule has 1 saturated carbocycles. The second-order valence-corrected chi connectivity index (χ2v) is 10.3. The van der Waals surface area contributed by atoms with Crippen LogP contribution in [0.5, 0.6) is 5.75 Å². The van der Waals surface area contributed by atoms with E-state index in [-0.39, 0.29) is 58.3 Å². The number of phenolic OH excluding ortho intramolecular Hbond substituents is 1. The molecule has 2 aromatic carbocycles. The zero-order valence-electron chi connectivity index (χ0n) is 20.3. The number of anilines is 2. The Morgan fingerprint density at radius 1 is 1.21 bits per heavy atom. The molecule has 0 unspecified atom stereocenters. The molecule has 2 aliphatic heterocycles. The summed E-state index contributed by atoms with van der Waals surface area (Å²) in [6, 6.07) is 3.57. The molecule has 38 heavy (non-hydrogen) atoms. The average Bonchev–Trinajstić information content (AvgIpc) is 3.71. The molecule has 2 fully saturated rings. The molecule has 1 saturated heterocycles. The average molecular weight is 541 g/mol. The number of amides is 2. The fraction of sp³-hybridized carbons (Fsp3) is 0.296. The SMILES string of the molecule is C=CC(=O)N1C[C@@H]2C(=O)Nc3c(c4cc(Cl)c(-c5c(O)cccc5F)c(F)c4n(C4CC4)c3=O)N2C[C@H]1C. The van der Waals surface area contributed by atoms with Crippen molar-refractivity contribution in [3.05, 3.63) is 63.9 Å². The number of hydrogen-bond donors (Lipinski definition) is 2. The number of rotatable bonds is 3. The normalized spacial score (nSPS) is 20.7. The molecule has 3 aromatic rings. The summed E-state index contributed by atoms with van der Waals surface area (Å²) < 4.78 is 32.6. The van der Waals surface area contributed by atoms with E-state index in [1.54, 1.807) is 4.90 Å². The molecule has 8 nitrogen and oxygen atoms in total. The molecule has 2 amide bonds. The maximum absolute atomic E-state index is 16.5. The van der Waals surface area contributed by atoms with E-state index in [9.17, 15) is 23.9 Å². The third-order valence-electron chi connectivity index (χ3n) is 7.55. The van der Waals surface area contributed by atoms with Crippen molar-refractivity contribution < 1.29 is 23.5 Å². The second-order valence-electron chi connectivity index (χ2n) is 9.91. The fourth-order valence-corrected chi connectivity index (χ4v) is 5.93. The number of piperazine rings is 1. The summed E-state index contributed by atoms with van der Waals surface area (Å²) in [5.41, 5.74) is -1.10. The highest BCUT2D eigenvalue weighted by Crippen LogP contribution is 2.48. The summed E-state index contributed by atoms with van der Waals surface area (Å²) in [5.74, 6) is -3.08. The van der Waals surface area contributed by atoms with Gasteiger partial charge >= 0.3 is 0 Å². The van der Waals surface area contributed by atoms with Gasteiger partial charge in [0.2, 0.25) is 11.8 Å². The maximum atomic E-state index is 16.5. The van der Waals surface area contributed by atoms with E-state index in [2.05, 4.69) is 11.9 Å². The van der Waals surface area contributed by atoms with Crippen molar-refractivity contribution in [2.45, 2.75) is 37.9 Å². The van der Waals surface area contributed by atoms with Crippen molar-refractivity contribution >= 4 is 45.7 Å². The number of pyridine rings is 1. The molecule has 196 valence electrons. The molecule has 0 bridgehead atoms. The number of aromatic nitrogens is 1. The van der Waals surface area contributed by atoms with E-state index in [1.807, 2.05) is 6.92 Å². The summed E-state index contributed by atoms with van der Waals surface area (Å²) >= 11 is 6.56. The summed E-state index contributed by atoms with van der Waals surface area (Å²) in [4.78, 5) is 42.6. The summed E-state index contributed by atoms with van der Waals surface area (Å²) in [5, 5.41) is 13.2. The van der Waals surface area contributed by atoms with Crippen LogP contribution in [0.2, 0.25) is 5.02 Å². The van der Waals surface area contributed by atoms with Crippen LogP contribution < -0.4 is 15.8 Å². The maximum Gasteiger partial charge on any atom is 0.277 e. The Morgan fingerprint density at radius 3 is 2.61 bits per heavy atom. The first-order chi connectivity index (χ1) is 18.1. The molecule has 0 spiro atoms. The van der Waals surface area contributed by atoms with Crippen molar-refractivity contribution in [1.29, 1.82) is 0 Å². The van der Waals surface area contributed by atoms with Crippen LogP contribution in [0.4, 0.5) is 20.2 Å². The van der Waals surface area contributed by atoms with E-state index >= 15 is 4.39 Å². The molecule has 2 N–H and O–H groups in total. The third kappa shape index (κ3) is 3.43. The van der Waals surface area contributed by atoms with Crippen LogP contribution in [0.15, 0.2) is 41.7 Å². The van der Waals surface area contributed by atoms with E-state index in [4.69, 9.17) is 11.6 Å². The molecule has 3 heterocycles. The van der Waals surface area contributed by atoms with Crippen LogP contribution in [-0.2, 0) is 9.59 Å². The first-order valence-electron chi connectivity index (χ1n) is 12.2. The standard InChI is InChI=1S/C27H23ClF2N4O4/c1-3-19(36)32-11-17-26(37)31-23-25(33(17)10-12(32)2)14-9-15(28)20(21-16(29)5-4-6-18(21)35)22(30)24(14)34(27(23)38)13-7-8-13/h3-6,9,12-13,17,35H,1,7-8,10-11H2,2H3,(H,31,37)/t12-,17-/m1/s1. The molecular formula is C27H23ClF2N4O4. The molecule has 2 atom stereocenters. The van der Waals surface area contributed by atoms with Crippen molar-refractivity contribution in [2.24, 2.45) is 0 Å². The number of nitrogens with one attached hydrogen (secondary N) is 1. The first-order valence-corrected chi connectivity index (χ1v) is 12.6. The van der Waals surface area contributed by atoms with Gasteiger partial charge in [-0.3, -0.25) is 14.4 Å². The van der Waals surface area contributed by atoms with Crippen LogP contribution in [0.1, 0.15) is 25.8 Å². The van der Waals surface area contributed by atoms with E-state index in [0.717, 1.165) is 6.07 Å². The van der Waals surface area contributed by atoms with Crippen LogP contribution in [-0.4, -0.2) is 51.6 Å². The number of phenols is 1. The summed E-state index contributed by atoms with van der Waals surface area (Å²) in [7, 11) is 0. The highest BCUT2D eigenvalue weighted by Gasteiger charge is 2.44. The lowest BCUT2D eigenvalue weighted by atomic mass is 9.96. The molecule has 6 rings (SSSR count). The van der Waals surface area contributed by atoms with Crippen molar-refractivity contribution in [3.8, 4) is 16.9 Å². The molecule has 3 aliphatic rings. The number of benzene rings is 2. The number of nitrogens with zero attached hydrogens (tertiary/aromatic N) is 3. The van der Waals surface area contributed by atoms with Crippen LogP contribution >= 0.6 is 11.6 Å². The van der Waals surface area contributed by atoms with Gasteiger partial charge in [-0.15, -0.1) is 0 Å². The van der Waals surface area contributed by atoms with Crippen molar-refractivity contribution in [2.75, 3.05) is 23.3 Å². The van der Waals surface area contributed by atoms with Gasteiger partial charge in [0, 0.05) is 29.6 Å². The smallest absolute Gasteiger partial charge is 0.277 e. The summed E-state index contributed by atoms with van der Waals surface area (Å²) in [6.07, 6.45) is 2.44. The minimum absolute atomic E-state index is 0.0123. The number of carbonyl (C=O) groups excluding carboxylic acids is 2. The molecule has 1 aliphatic carbocycles. The topological polar surface area (TPSA) is 94.9 Å². The Balaban J connectivity index is 1.65. The first kappa shape index (κ1) is 24.4. The number of fused-ring (bicyclic) bond motifs is 5. The lowest BCUT2D eigenvalue weighted by Crippen LogP contribution is -2.64. The van der Waals surface area contributed by atoms with E-state index in [0.29, 0.717) is 18.5 Å². The Labute approximate surface area is 220 Å². The monoisotopic (exact) mass is 540 g/mol. The Morgan fingerprint density at radius 2 is 1.95 bits per heavy atom. The van der Waals surface area contributed by atoms with Gasteiger partial charge in [0.15, 0.2) is 5.82 Å². The van der Waals surface area contributed by atoms with Gasteiger partial charge in [-0.25, -0.2) is 8.78 Å². The second kappa shape index (κ2) is 8.56. The number of hydrogen-bond acceptors (Lipinski definition) is 5. The van der Waals surface area contributed by atoms with Crippen LogP contribution in [0, 0.1) is 11.6 Å². The third-order valence-corrected chi connectivity index (χ3v) is 7.84. The Hall–Kier alpha value is -3.92. The van der Waals surface area contributed by atoms with Gasteiger partial charge in [-0.1, -0.05) is 24.2 Å². The predicted molar refractivity (Wildman–Crippen MR) is 140 cm³/mol. The van der Waals surface area contributed by atoms with Crippen LogP contribution in [0.3, 0.4) is 0 Å².